The molecular formula is C17H25NO2. The Labute approximate surface area is 121 Å². The first-order valence-electron chi connectivity index (χ1n) is 7.90. The second kappa shape index (κ2) is 6.15. The molecule has 4 unspecified atom stereocenters. The molecule has 110 valence electrons. The molecule has 0 aliphatic carbocycles. The molecule has 3 heteroatoms. The fraction of sp³-hybridized carbons (Fsp3) is 0.647. The zero-order valence-corrected chi connectivity index (χ0v) is 12.5. The highest BCUT2D eigenvalue weighted by Gasteiger charge is 2.40. The van der Waals surface area contributed by atoms with Crippen LogP contribution in [0.5, 0.6) is 5.75 Å². The van der Waals surface area contributed by atoms with E-state index in [9.17, 15) is 0 Å². The standard InChI is InChI=1S/C17H25NO2/c1-3-10-19-14-6-4-13(5-7-14)12(2)18-16-11-15-8-9-17(16)20-15/h4-7,12,15-18H,3,8-11H2,1-2H3. The number of ether oxygens (including phenoxy) is 2. The van der Waals surface area contributed by atoms with Crippen molar-refractivity contribution in [2.24, 2.45) is 0 Å². The summed E-state index contributed by atoms with van der Waals surface area (Å²) in [7, 11) is 0. The average molecular weight is 275 g/mol. The average Bonchev–Trinajstić information content (AvgIpc) is 3.08. The lowest BCUT2D eigenvalue weighted by Crippen LogP contribution is -2.38. The molecule has 3 nitrogen and oxygen atoms in total. The summed E-state index contributed by atoms with van der Waals surface area (Å²) < 4.78 is 11.5. The van der Waals surface area contributed by atoms with Crippen molar-refractivity contribution >= 4 is 0 Å². The number of fused-ring (bicyclic) bond motifs is 2. The number of hydrogen-bond donors (Lipinski definition) is 1. The van der Waals surface area contributed by atoms with E-state index in [0.717, 1.165) is 18.8 Å². The van der Waals surface area contributed by atoms with Crippen molar-refractivity contribution in [1.29, 1.82) is 0 Å². The topological polar surface area (TPSA) is 30.5 Å². The fourth-order valence-electron chi connectivity index (χ4n) is 3.30. The lowest BCUT2D eigenvalue weighted by molar-refractivity contribution is 0.0962. The second-order valence-corrected chi connectivity index (χ2v) is 6.02. The first kappa shape index (κ1) is 13.9. The van der Waals surface area contributed by atoms with Crippen LogP contribution >= 0.6 is 0 Å². The van der Waals surface area contributed by atoms with Gasteiger partial charge in [0, 0.05) is 12.1 Å². The van der Waals surface area contributed by atoms with Crippen LogP contribution in [0.4, 0.5) is 0 Å². The molecule has 4 atom stereocenters. The molecule has 0 amide bonds. The third-order valence-corrected chi connectivity index (χ3v) is 4.42. The summed E-state index contributed by atoms with van der Waals surface area (Å²) in [5.41, 5.74) is 1.32. The van der Waals surface area contributed by atoms with Gasteiger partial charge in [0.15, 0.2) is 0 Å². The Morgan fingerprint density at radius 1 is 1.30 bits per heavy atom. The van der Waals surface area contributed by atoms with Gasteiger partial charge in [0.1, 0.15) is 5.75 Å². The zero-order chi connectivity index (χ0) is 13.9. The van der Waals surface area contributed by atoms with Crippen LogP contribution < -0.4 is 10.1 Å². The van der Waals surface area contributed by atoms with Crippen molar-refractivity contribution in [3.63, 3.8) is 0 Å². The number of hydrogen-bond acceptors (Lipinski definition) is 3. The SMILES string of the molecule is CCCOc1ccc(C(C)NC2CC3CCC2O3)cc1. The summed E-state index contributed by atoms with van der Waals surface area (Å²) in [6.07, 6.45) is 5.64. The van der Waals surface area contributed by atoms with E-state index in [4.69, 9.17) is 9.47 Å². The molecular weight excluding hydrogens is 250 g/mol. The van der Waals surface area contributed by atoms with Crippen molar-refractivity contribution in [3.8, 4) is 5.75 Å². The summed E-state index contributed by atoms with van der Waals surface area (Å²) in [4.78, 5) is 0. The lowest BCUT2D eigenvalue weighted by atomic mass is 9.94. The molecule has 3 rings (SSSR count). The highest BCUT2D eigenvalue weighted by atomic mass is 16.5. The van der Waals surface area contributed by atoms with Crippen LogP contribution in [0.25, 0.3) is 0 Å². The van der Waals surface area contributed by atoms with Crippen molar-refractivity contribution < 1.29 is 9.47 Å². The smallest absolute Gasteiger partial charge is 0.119 e. The van der Waals surface area contributed by atoms with E-state index in [1.807, 2.05) is 0 Å². The van der Waals surface area contributed by atoms with Crippen LogP contribution in [-0.2, 0) is 4.74 Å². The quantitative estimate of drug-likeness (QED) is 0.862. The zero-order valence-electron chi connectivity index (χ0n) is 12.5. The highest BCUT2D eigenvalue weighted by Crippen LogP contribution is 2.35. The van der Waals surface area contributed by atoms with Gasteiger partial charge in [-0.25, -0.2) is 0 Å². The van der Waals surface area contributed by atoms with Gasteiger partial charge < -0.3 is 14.8 Å². The van der Waals surface area contributed by atoms with E-state index in [-0.39, 0.29) is 0 Å². The number of nitrogens with one attached hydrogen (secondary N) is 1. The van der Waals surface area contributed by atoms with E-state index in [0.29, 0.717) is 24.3 Å². The minimum Gasteiger partial charge on any atom is -0.494 e. The summed E-state index contributed by atoms with van der Waals surface area (Å²) in [5.74, 6) is 0.964. The third kappa shape index (κ3) is 2.99. The minimum absolute atomic E-state index is 0.364. The van der Waals surface area contributed by atoms with Crippen molar-refractivity contribution in [3.05, 3.63) is 29.8 Å². The first-order chi connectivity index (χ1) is 9.76. The Morgan fingerprint density at radius 3 is 2.70 bits per heavy atom. The van der Waals surface area contributed by atoms with Crippen LogP contribution in [0.15, 0.2) is 24.3 Å². The maximum absolute atomic E-state index is 5.90. The molecule has 2 fully saturated rings. The van der Waals surface area contributed by atoms with Crippen molar-refractivity contribution in [1.82, 2.24) is 5.32 Å². The van der Waals surface area contributed by atoms with Crippen LogP contribution in [-0.4, -0.2) is 24.9 Å². The van der Waals surface area contributed by atoms with Gasteiger partial charge in [-0.2, -0.15) is 0 Å². The van der Waals surface area contributed by atoms with Gasteiger partial charge in [0.2, 0.25) is 0 Å². The van der Waals surface area contributed by atoms with Crippen molar-refractivity contribution in [2.45, 2.75) is 63.8 Å². The Balaban J connectivity index is 1.55. The Hall–Kier alpha value is -1.06. The Kier molecular flexibility index (Phi) is 4.27. The van der Waals surface area contributed by atoms with E-state index < -0.39 is 0 Å². The molecule has 2 bridgehead atoms. The molecule has 1 aromatic rings. The third-order valence-electron chi connectivity index (χ3n) is 4.42. The van der Waals surface area contributed by atoms with Gasteiger partial charge in [0.25, 0.3) is 0 Å². The summed E-state index contributed by atoms with van der Waals surface area (Å²) in [6, 6.07) is 9.36. The van der Waals surface area contributed by atoms with Crippen LogP contribution in [0.1, 0.15) is 51.1 Å². The fourth-order valence-corrected chi connectivity index (χ4v) is 3.30. The van der Waals surface area contributed by atoms with Gasteiger partial charge in [0.05, 0.1) is 18.8 Å². The molecule has 2 saturated heterocycles. The molecule has 2 heterocycles. The molecule has 0 saturated carbocycles. The molecule has 2 aliphatic heterocycles. The molecule has 0 aromatic heterocycles. The maximum atomic E-state index is 5.90. The Bertz CT molecular complexity index is 431. The van der Waals surface area contributed by atoms with Crippen LogP contribution in [0.3, 0.4) is 0 Å². The molecule has 0 spiro atoms. The van der Waals surface area contributed by atoms with Gasteiger partial charge in [-0.1, -0.05) is 19.1 Å². The molecule has 2 aliphatic rings. The lowest BCUT2D eigenvalue weighted by Gasteiger charge is -2.25. The van der Waals surface area contributed by atoms with Crippen LogP contribution in [0, 0.1) is 0 Å². The van der Waals surface area contributed by atoms with E-state index in [2.05, 4.69) is 43.4 Å². The Morgan fingerprint density at radius 2 is 2.10 bits per heavy atom. The molecule has 1 N–H and O–H groups in total. The second-order valence-electron chi connectivity index (χ2n) is 6.02. The number of benzene rings is 1. The predicted molar refractivity (Wildman–Crippen MR) is 80.1 cm³/mol. The van der Waals surface area contributed by atoms with Gasteiger partial charge in [-0.15, -0.1) is 0 Å². The summed E-state index contributed by atoms with van der Waals surface area (Å²) in [6.45, 7) is 5.14. The molecule has 1 aromatic carbocycles. The largest absolute Gasteiger partial charge is 0.494 e. The first-order valence-corrected chi connectivity index (χ1v) is 7.90. The summed E-state index contributed by atoms with van der Waals surface area (Å²) in [5, 5.41) is 3.72. The van der Waals surface area contributed by atoms with E-state index in [1.165, 1.54) is 24.8 Å². The maximum Gasteiger partial charge on any atom is 0.119 e. The van der Waals surface area contributed by atoms with Gasteiger partial charge >= 0.3 is 0 Å². The molecule has 0 radical (unpaired) electrons. The number of rotatable bonds is 6. The summed E-state index contributed by atoms with van der Waals surface area (Å²) >= 11 is 0. The normalized spacial score (nSPS) is 29.6. The van der Waals surface area contributed by atoms with Gasteiger partial charge in [-0.3, -0.25) is 0 Å². The minimum atomic E-state index is 0.364. The van der Waals surface area contributed by atoms with Crippen LogP contribution in [0.2, 0.25) is 0 Å². The highest BCUT2D eigenvalue weighted by molar-refractivity contribution is 5.29. The van der Waals surface area contributed by atoms with Gasteiger partial charge in [-0.05, 0) is 50.3 Å². The van der Waals surface area contributed by atoms with E-state index in [1.54, 1.807) is 0 Å². The molecule has 20 heavy (non-hydrogen) atoms. The monoisotopic (exact) mass is 275 g/mol. The predicted octanol–water partition coefficient (Wildman–Crippen LogP) is 3.45. The van der Waals surface area contributed by atoms with Crippen molar-refractivity contribution in [2.75, 3.05) is 6.61 Å². The van der Waals surface area contributed by atoms with E-state index >= 15 is 0 Å².